The van der Waals surface area contributed by atoms with Gasteiger partial charge in [-0.1, -0.05) is 44.2 Å². The molecule has 3 rings (SSSR count). The monoisotopic (exact) mass is 493 g/mol. The molecule has 0 aliphatic rings. The number of nitrogens with two attached hydrogens (primary N) is 1. The number of pyridine rings is 1. The quantitative estimate of drug-likeness (QED) is 0.414. The predicted molar refractivity (Wildman–Crippen MR) is 137 cm³/mol. The summed E-state index contributed by atoms with van der Waals surface area (Å²) in [6, 6.07) is 12.7. The first kappa shape index (κ1) is 26.8. The van der Waals surface area contributed by atoms with Crippen LogP contribution in [0.5, 0.6) is 0 Å². The van der Waals surface area contributed by atoms with Crippen molar-refractivity contribution in [2.24, 2.45) is 5.73 Å². The highest BCUT2D eigenvalue weighted by Crippen LogP contribution is 2.39. The predicted octanol–water partition coefficient (Wildman–Crippen LogP) is 5.29. The van der Waals surface area contributed by atoms with E-state index < -0.39 is 23.4 Å². The van der Waals surface area contributed by atoms with Crippen LogP contribution in [0.25, 0.3) is 22.4 Å². The molecular weight excluding hydrogens is 461 g/mol. The molecule has 0 spiro atoms. The van der Waals surface area contributed by atoms with Gasteiger partial charge in [-0.3, -0.25) is 9.78 Å². The molecule has 0 fully saturated rings. The normalized spacial score (nSPS) is 11.4. The van der Waals surface area contributed by atoms with Gasteiger partial charge in [-0.2, -0.15) is 0 Å². The molecule has 3 aromatic rings. The van der Waals surface area contributed by atoms with Crippen LogP contribution in [0, 0.1) is 5.82 Å². The Kier molecular flexibility index (Phi) is 8.10. The third kappa shape index (κ3) is 6.07. The lowest BCUT2D eigenvalue weighted by Crippen LogP contribution is -2.32. The van der Waals surface area contributed by atoms with Gasteiger partial charge in [0.25, 0.3) is 0 Å². The minimum atomic E-state index is -0.707. The van der Waals surface area contributed by atoms with E-state index >= 15 is 0 Å². The largest absolute Gasteiger partial charge is 0.444 e. The van der Waals surface area contributed by atoms with Gasteiger partial charge in [0.15, 0.2) is 0 Å². The van der Waals surface area contributed by atoms with Crippen molar-refractivity contribution in [2.45, 2.75) is 59.3 Å². The second-order valence-electron chi connectivity index (χ2n) is 9.76. The molecule has 190 valence electrons. The smallest absolute Gasteiger partial charge is 0.407 e. The maximum Gasteiger partial charge on any atom is 0.407 e. The van der Waals surface area contributed by atoms with Crippen molar-refractivity contribution < 1.29 is 23.8 Å². The van der Waals surface area contributed by atoms with Gasteiger partial charge in [-0.25, -0.2) is 9.18 Å². The van der Waals surface area contributed by atoms with Crippen LogP contribution in [-0.4, -0.2) is 27.7 Å². The van der Waals surface area contributed by atoms with Crippen LogP contribution in [0.1, 0.15) is 67.7 Å². The van der Waals surface area contributed by atoms with Crippen LogP contribution in [0.2, 0.25) is 0 Å². The maximum atomic E-state index is 13.8. The Hall–Kier alpha value is -3.78. The number of aliphatic hydroxyl groups excluding tert-OH is 1. The summed E-state index contributed by atoms with van der Waals surface area (Å²) in [7, 11) is 0. The molecule has 36 heavy (non-hydrogen) atoms. The van der Waals surface area contributed by atoms with Gasteiger partial charge in [-0.05, 0) is 56.0 Å². The van der Waals surface area contributed by atoms with Crippen molar-refractivity contribution in [3.8, 4) is 22.4 Å². The molecule has 0 bridgehead atoms. The average molecular weight is 494 g/mol. The van der Waals surface area contributed by atoms with Crippen molar-refractivity contribution in [3.63, 3.8) is 0 Å². The SMILES string of the molecule is CC(C)c1nc(-c2ccccc2C(N)=O)c(CNC(=O)OC(C)(C)C)c(-c2ccc(F)cc2)c1CO. The van der Waals surface area contributed by atoms with Crippen molar-refractivity contribution in [1.29, 1.82) is 0 Å². The van der Waals surface area contributed by atoms with E-state index in [1.54, 1.807) is 57.2 Å². The summed E-state index contributed by atoms with van der Waals surface area (Å²) in [5, 5.41) is 13.2. The highest BCUT2D eigenvalue weighted by atomic mass is 19.1. The zero-order chi connectivity index (χ0) is 26.6. The molecule has 7 nitrogen and oxygen atoms in total. The van der Waals surface area contributed by atoms with Crippen LogP contribution < -0.4 is 11.1 Å². The minimum absolute atomic E-state index is 0.0254. The Morgan fingerprint density at radius 3 is 2.28 bits per heavy atom. The molecule has 8 heteroatoms. The highest BCUT2D eigenvalue weighted by Gasteiger charge is 2.26. The first-order valence-corrected chi connectivity index (χ1v) is 11.7. The topological polar surface area (TPSA) is 115 Å². The molecule has 0 radical (unpaired) electrons. The number of ether oxygens (including phenoxy) is 1. The fourth-order valence-electron chi connectivity index (χ4n) is 4.06. The summed E-state index contributed by atoms with van der Waals surface area (Å²) >= 11 is 0. The summed E-state index contributed by atoms with van der Waals surface area (Å²) in [4.78, 5) is 29.7. The Morgan fingerprint density at radius 1 is 1.08 bits per heavy atom. The third-order valence-electron chi connectivity index (χ3n) is 5.52. The van der Waals surface area contributed by atoms with Gasteiger partial charge < -0.3 is 20.9 Å². The summed E-state index contributed by atoms with van der Waals surface area (Å²) in [6.07, 6.45) is -0.639. The molecular formula is C28H32FN3O4. The van der Waals surface area contributed by atoms with Crippen LogP contribution in [0.4, 0.5) is 9.18 Å². The van der Waals surface area contributed by atoms with E-state index in [1.807, 2.05) is 13.8 Å². The lowest BCUT2D eigenvalue weighted by Gasteiger charge is -2.24. The first-order valence-electron chi connectivity index (χ1n) is 11.7. The Labute approximate surface area is 210 Å². The van der Waals surface area contributed by atoms with Crippen LogP contribution in [0.3, 0.4) is 0 Å². The minimum Gasteiger partial charge on any atom is -0.444 e. The molecule has 0 saturated carbocycles. The van der Waals surface area contributed by atoms with E-state index in [2.05, 4.69) is 5.32 Å². The number of nitrogens with zero attached hydrogens (tertiary/aromatic N) is 1. The second-order valence-corrected chi connectivity index (χ2v) is 9.76. The molecule has 1 heterocycles. The highest BCUT2D eigenvalue weighted by molar-refractivity contribution is 6.00. The second kappa shape index (κ2) is 10.9. The third-order valence-corrected chi connectivity index (χ3v) is 5.52. The molecule has 0 aliphatic carbocycles. The van der Waals surface area contributed by atoms with Crippen molar-refractivity contribution in [3.05, 3.63) is 76.7 Å². The number of hydrogen-bond acceptors (Lipinski definition) is 5. The molecule has 0 saturated heterocycles. The van der Waals surface area contributed by atoms with E-state index in [1.165, 1.54) is 12.1 Å². The Bertz CT molecular complexity index is 1270. The van der Waals surface area contributed by atoms with Gasteiger partial charge >= 0.3 is 6.09 Å². The molecule has 1 aromatic heterocycles. The number of aromatic nitrogens is 1. The number of rotatable bonds is 7. The van der Waals surface area contributed by atoms with E-state index in [4.69, 9.17) is 15.5 Å². The van der Waals surface area contributed by atoms with Crippen LogP contribution >= 0.6 is 0 Å². The summed E-state index contributed by atoms with van der Waals surface area (Å²) in [5.41, 5.74) is 9.08. The van der Waals surface area contributed by atoms with Gasteiger partial charge in [0, 0.05) is 34.5 Å². The number of hydrogen-bond donors (Lipinski definition) is 3. The average Bonchev–Trinajstić information content (AvgIpc) is 2.81. The number of carbonyl (C=O) groups excluding carboxylic acids is 2. The molecule has 0 aliphatic heterocycles. The number of aliphatic hydroxyl groups is 1. The Morgan fingerprint density at radius 2 is 1.72 bits per heavy atom. The Balaban J connectivity index is 2.36. The van der Waals surface area contributed by atoms with Gasteiger partial charge in [-0.15, -0.1) is 0 Å². The molecule has 2 aromatic carbocycles. The van der Waals surface area contributed by atoms with Crippen LogP contribution in [0.15, 0.2) is 48.5 Å². The van der Waals surface area contributed by atoms with Crippen molar-refractivity contribution in [2.75, 3.05) is 0 Å². The number of nitrogens with one attached hydrogen (secondary N) is 1. The van der Waals surface area contributed by atoms with Crippen LogP contribution in [-0.2, 0) is 17.9 Å². The van der Waals surface area contributed by atoms with Gasteiger partial charge in [0.1, 0.15) is 11.4 Å². The fraction of sp³-hybridized carbons (Fsp3) is 0.321. The van der Waals surface area contributed by atoms with E-state index in [9.17, 15) is 19.1 Å². The van der Waals surface area contributed by atoms with Gasteiger partial charge in [0.05, 0.1) is 12.3 Å². The summed E-state index contributed by atoms with van der Waals surface area (Å²) in [6.45, 7) is 8.80. The fourth-order valence-corrected chi connectivity index (χ4v) is 4.06. The zero-order valence-electron chi connectivity index (χ0n) is 21.2. The molecule has 2 amide bonds. The number of alkyl carbamates (subject to hydrolysis) is 1. The first-order chi connectivity index (χ1) is 16.9. The number of benzene rings is 2. The van der Waals surface area contributed by atoms with Gasteiger partial charge in [0.2, 0.25) is 5.91 Å². The van der Waals surface area contributed by atoms with E-state index in [-0.39, 0.29) is 24.6 Å². The standard InChI is InChI=1S/C28H32FN3O4/c1-16(2)24-22(15-33)23(17-10-12-18(29)13-11-17)21(14-31-27(35)36-28(3,4)5)25(32-24)19-8-6-7-9-20(19)26(30)34/h6-13,16,33H,14-15H2,1-5H3,(H2,30,34)(H,31,35). The molecule has 0 atom stereocenters. The zero-order valence-corrected chi connectivity index (χ0v) is 21.2. The number of halogens is 1. The van der Waals surface area contributed by atoms with E-state index in [0.29, 0.717) is 39.2 Å². The maximum absolute atomic E-state index is 13.8. The van der Waals surface area contributed by atoms with E-state index in [0.717, 1.165) is 0 Å². The lowest BCUT2D eigenvalue weighted by molar-refractivity contribution is 0.0523. The number of amides is 2. The number of primary amides is 1. The number of carbonyl (C=O) groups is 2. The lowest BCUT2D eigenvalue weighted by atomic mass is 9.87. The molecule has 0 unspecified atom stereocenters. The van der Waals surface area contributed by atoms with Crippen molar-refractivity contribution in [1.82, 2.24) is 10.3 Å². The molecule has 4 N–H and O–H groups in total. The summed E-state index contributed by atoms with van der Waals surface area (Å²) < 4.78 is 19.2. The summed E-state index contributed by atoms with van der Waals surface area (Å²) in [5.74, 6) is -1.12. The van der Waals surface area contributed by atoms with Crippen molar-refractivity contribution >= 4 is 12.0 Å².